The summed E-state index contributed by atoms with van der Waals surface area (Å²) in [5.74, 6) is 0.0555. The van der Waals surface area contributed by atoms with Crippen LogP contribution in [0.2, 0.25) is 0 Å². The van der Waals surface area contributed by atoms with Crippen molar-refractivity contribution in [3.05, 3.63) is 35.7 Å². The molecular formula is C20H21F2N9O8P2S2. The number of H-pyrrole nitrogens is 1. The molecule has 7 rings (SSSR count). The van der Waals surface area contributed by atoms with E-state index in [4.69, 9.17) is 40.6 Å². The van der Waals surface area contributed by atoms with Gasteiger partial charge in [0.1, 0.15) is 24.1 Å². The van der Waals surface area contributed by atoms with Crippen LogP contribution in [0, 0.1) is 0 Å². The van der Waals surface area contributed by atoms with Gasteiger partial charge in [0.05, 0.1) is 44.0 Å². The zero-order chi connectivity index (χ0) is 30.3. The van der Waals surface area contributed by atoms with Crippen LogP contribution in [0.3, 0.4) is 0 Å². The Kier molecular flexibility index (Phi) is 7.20. The topological polar surface area (TPSA) is 217 Å². The number of nitrogens with two attached hydrogens (primary N) is 1. The molecular weight excluding hydrogens is 658 g/mol. The molecule has 6 unspecified atom stereocenters. The van der Waals surface area contributed by atoms with Gasteiger partial charge < -0.3 is 29.6 Å². The van der Waals surface area contributed by atoms with Gasteiger partial charge in [0, 0.05) is 0 Å². The number of alkyl halides is 2. The first-order valence-electron chi connectivity index (χ1n) is 12.5. The van der Waals surface area contributed by atoms with Crippen LogP contribution in [0.25, 0.3) is 22.3 Å². The molecule has 0 bridgehead atoms. The fourth-order valence-corrected chi connectivity index (χ4v) is 9.39. The smallest absolute Gasteiger partial charge is 0.382 e. The first-order chi connectivity index (χ1) is 20.4. The Morgan fingerprint density at radius 1 is 1.00 bits per heavy atom. The monoisotopic (exact) mass is 679 g/mol. The highest BCUT2D eigenvalue weighted by molar-refractivity contribution is 8.44. The van der Waals surface area contributed by atoms with E-state index in [9.17, 15) is 14.3 Å². The molecule has 4 aromatic heterocycles. The number of rotatable bonds is 2. The van der Waals surface area contributed by atoms with Crippen molar-refractivity contribution in [2.24, 2.45) is 0 Å². The number of fused-ring (bicyclic) bond motifs is 4. The first kappa shape index (κ1) is 29.3. The van der Waals surface area contributed by atoms with Gasteiger partial charge in [0.15, 0.2) is 53.9 Å². The van der Waals surface area contributed by atoms with Gasteiger partial charge in [-0.1, -0.05) is 12.2 Å². The molecule has 7 heterocycles. The third kappa shape index (κ3) is 4.91. The summed E-state index contributed by atoms with van der Waals surface area (Å²) < 4.78 is 76.0. The maximum atomic E-state index is 16.1. The number of nitrogens with one attached hydrogen (secondary N) is 1. The molecule has 0 aromatic carbocycles. The lowest BCUT2D eigenvalue weighted by atomic mass is 10.1. The number of aromatic nitrogens is 8. The van der Waals surface area contributed by atoms with Gasteiger partial charge >= 0.3 is 6.80 Å². The molecule has 3 fully saturated rings. The van der Waals surface area contributed by atoms with Crippen LogP contribution in [0.1, 0.15) is 12.5 Å². The summed E-state index contributed by atoms with van der Waals surface area (Å²) in [7, 11) is 0. The largest absolute Gasteiger partial charge is 0.386 e. The van der Waals surface area contributed by atoms with Crippen molar-refractivity contribution in [2.45, 2.75) is 48.8 Å². The van der Waals surface area contributed by atoms with Gasteiger partial charge in [0.25, 0.3) is 5.56 Å². The van der Waals surface area contributed by atoms with Gasteiger partial charge in [-0.3, -0.25) is 23.0 Å². The normalized spacial score (nSPS) is 38.6. The number of imidazole rings is 2. The Labute approximate surface area is 248 Å². The predicted molar refractivity (Wildman–Crippen MR) is 149 cm³/mol. The third-order valence-electron chi connectivity index (χ3n) is 7.32. The Hall–Kier alpha value is -2.45. The standard InChI is InChI=1S/C20H21F2N9O8P2S2/c21-9-13-7(37-19(9)30-5-28-11-15(23)24-3-25-16(11)30)1-35-40(33,42)14-8(2-36-41(34,43)39-13)38-20(10(14)22)31-6-29-12-17(31)26-4-27-18(12)32/h3-10,13-14,19-20H,1-2H2,(H,33,42)(H,34,43)(H2,23,24,25)(H,26,27,32)/t7?,8?,9-,10-,13-,14-,19?,20?,40?,41?/m1/s1. The zero-order valence-electron chi connectivity index (χ0n) is 21.4. The molecule has 17 nitrogen and oxygen atoms in total. The van der Waals surface area contributed by atoms with Crippen LogP contribution in [-0.2, 0) is 39.4 Å². The average Bonchev–Trinajstić information content (AvgIpc) is 3.71. The molecule has 3 aliphatic heterocycles. The molecule has 43 heavy (non-hydrogen) atoms. The molecule has 230 valence electrons. The van der Waals surface area contributed by atoms with E-state index in [1.807, 2.05) is 0 Å². The van der Waals surface area contributed by atoms with E-state index in [1.165, 1.54) is 15.5 Å². The van der Waals surface area contributed by atoms with E-state index in [-0.39, 0.29) is 28.1 Å². The van der Waals surface area contributed by atoms with Crippen LogP contribution >= 0.6 is 25.5 Å². The van der Waals surface area contributed by atoms with Crippen LogP contribution in [0.4, 0.5) is 14.6 Å². The molecule has 10 atom stereocenters. The lowest BCUT2D eigenvalue weighted by molar-refractivity contribution is -0.0407. The van der Waals surface area contributed by atoms with E-state index in [1.54, 1.807) is 0 Å². The van der Waals surface area contributed by atoms with Crippen LogP contribution in [0.15, 0.2) is 30.1 Å². The maximum absolute atomic E-state index is 16.1. The highest BCUT2D eigenvalue weighted by Crippen LogP contribution is 2.61. The number of hydrogen-bond donors (Lipinski definition) is 4. The van der Waals surface area contributed by atoms with Crippen molar-refractivity contribution in [1.29, 1.82) is 0 Å². The second-order valence-corrected chi connectivity index (χ2v) is 16.3. The van der Waals surface area contributed by atoms with Crippen molar-refractivity contribution in [3.8, 4) is 0 Å². The minimum atomic E-state index is -4.36. The highest BCUT2D eigenvalue weighted by Gasteiger charge is 2.56. The maximum Gasteiger partial charge on any atom is 0.386 e. The van der Waals surface area contributed by atoms with Crippen LogP contribution in [0.5, 0.6) is 0 Å². The quantitative estimate of drug-likeness (QED) is 0.173. The van der Waals surface area contributed by atoms with Crippen molar-refractivity contribution in [3.63, 3.8) is 0 Å². The minimum absolute atomic E-state index is 0.00877. The second-order valence-electron chi connectivity index (χ2n) is 9.84. The fourth-order valence-electron chi connectivity index (χ4n) is 5.36. The summed E-state index contributed by atoms with van der Waals surface area (Å²) >= 11 is 9.38. The van der Waals surface area contributed by atoms with Crippen molar-refractivity contribution in [2.75, 3.05) is 18.9 Å². The van der Waals surface area contributed by atoms with E-state index in [0.29, 0.717) is 0 Å². The number of ether oxygens (including phenoxy) is 2. The molecule has 4 N–H and O–H groups in total. The summed E-state index contributed by atoms with van der Waals surface area (Å²) in [6.45, 7) is -9.71. The van der Waals surface area contributed by atoms with Crippen molar-refractivity contribution in [1.82, 2.24) is 39.0 Å². The molecule has 4 aromatic rings. The number of nitrogens with zero attached hydrogens (tertiary/aromatic N) is 7. The van der Waals surface area contributed by atoms with Gasteiger partial charge in [-0.25, -0.2) is 38.3 Å². The predicted octanol–water partition coefficient (Wildman–Crippen LogP) is 1.15. The minimum Gasteiger partial charge on any atom is -0.382 e. The number of halogens is 2. The Morgan fingerprint density at radius 2 is 1.65 bits per heavy atom. The Morgan fingerprint density at radius 3 is 2.42 bits per heavy atom. The fraction of sp³-hybridized carbons (Fsp3) is 0.500. The number of thiol groups is 1. The number of nitrogen functional groups attached to an aromatic ring is 1. The van der Waals surface area contributed by atoms with Crippen molar-refractivity contribution >= 4 is 65.5 Å². The Bertz CT molecular complexity index is 1880. The van der Waals surface area contributed by atoms with Gasteiger partial charge in [-0.2, -0.15) is 0 Å². The molecule has 0 radical (unpaired) electrons. The highest BCUT2D eigenvalue weighted by atomic mass is 32.7. The van der Waals surface area contributed by atoms with E-state index in [0.717, 1.165) is 19.0 Å². The summed E-state index contributed by atoms with van der Waals surface area (Å²) in [5, 5.41) is 0. The molecule has 0 amide bonds. The zero-order valence-corrected chi connectivity index (χ0v) is 24.9. The molecule has 0 aliphatic carbocycles. The van der Waals surface area contributed by atoms with Crippen molar-refractivity contribution < 1.29 is 41.3 Å². The number of aromatic amines is 1. The Balaban J connectivity index is 1.20. The second kappa shape index (κ2) is 10.6. The first-order valence-corrected chi connectivity index (χ1v) is 17.9. The molecule has 3 aliphatic rings. The van der Waals surface area contributed by atoms with Crippen LogP contribution < -0.4 is 11.3 Å². The van der Waals surface area contributed by atoms with E-state index < -0.39 is 80.8 Å². The molecule has 3 saturated heterocycles. The van der Waals surface area contributed by atoms with Gasteiger partial charge in [-0.05, 0) is 11.8 Å². The van der Waals surface area contributed by atoms with E-state index >= 15 is 8.78 Å². The summed E-state index contributed by atoms with van der Waals surface area (Å²) in [6, 6.07) is 0. The lowest BCUT2D eigenvalue weighted by Crippen LogP contribution is -2.34. The summed E-state index contributed by atoms with van der Waals surface area (Å²) in [5.41, 5.74) is 4.04. The SMILES string of the molecule is Nc1ncnc2c1ncn2C1OC2COP(O)(=S)[C@@H]3C(COP(=O)(S)O[C@H]2[C@H]1F)OC(n1cnc2c(=O)[nH]cnc21)[C@@H]3F. The number of anilines is 1. The summed E-state index contributed by atoms with van der Waals surface area (Å²) in [6.07, 6.45) is -6.50. The number of hydrogen-bond acceptors (Lipinski definition) is 14. The third-order valence-corrected chi connectivity index (χ3v) is 11.9. The average molecular weight is 680 g/mol. The lowest BCUT2D eigenvalue weighted by Gasteiger charge is -2.27. The molecule has 0 saturated carbocycles. The van der Waals surface area contributed by atoms with Gasteiger partial charge in [-0.15, -0.1) is 0 Å². The van der Waals surface area contributed by atoms with Gasteiger partial charge in [0.2, 0.25) is 0 Å². The summed E-state index contributed by atoms with van der Waals surface area (Å²) in [4.78, 5) is 45.9. The van der Waals surface area contributed by atoms with Crippen LogP contribution in [-0.4, -0.2) is 93.5 Å². The van der Waals surface area contributed by atoms with E-state index in [2.05, 4.69) is 42.2 Å². The molecule has 23 heteroatoms. The molecule has 0 spiro atoms.